The maximum atomic E-state index is 12.8. The van der Waals surface area contributed by atoms with Gasteiger partial charge >= 0.3 is 5.97 Å². The van der Waals surface area contributed by atoms with Crippen molar-refractivity contribution >= 4 is 11.9 Å². The Morgan fingerprint density at radius 1 is 1.06 bits per heavy atom. The van der Waals surface area contributed by atoms with Gasteiger partial charge in [0.25, 0.3) is 0 Å². The SMILES string of the molecule is C[C@H](CCC(=O)N(CC[18F])CC(=O)O)[C@H]1CCC2C3C(C[C@H](O)[C@@]21C)[C@@]1(C)CC[C@@H](O)CC1C[C@H]3O. The fourth-order valence-electron chi connectivity index (χ4n) is 9.40. The topological polar surface area (TPSA) is 118 Å². The highest BCUT2D eigenvalue weighted by Gasteiger charge is 2.65. The first-order valence-corrected chi connectivity index (χ1v) is 14.0. The van der Waals surface area contributed by atoms with Gasteiger partial charge in [-0.05, 0) is 97.7 Å². The van der Waals surface area contributed by atoms with E-state index in [1.54, 1.807) is 0 Å². The second kappa shape index (κ2) is 10.5. The maximum Gasteiger partial charge on any atom is 0.323 e. The van der Waals surface area contributed by atoms with E-state index in [0.717, 1.165) is 43.4 Å². The molecular formula is C28H46FNO6. The summed E-state index contributed by atoms with van der Waals surface area (Å²) < 4.78 is 12.8. The molecule has 4 rings (SSSR count). The second-order valence-corrected chi connectivity index (χ2v) is 12.9. The van der Waals surface area contributed by atoms with Crippen LogP contribution in [0.3, 0.4) is 0 Å². The van der Waals surface area contributed by atoms with Crippen LogP contribution < -0.4 is 0 Å². The quantitative estimate of drug-likeness (QED) is 0.398. The average Bonchev–Trinajstić information content (AvgIpc) is 3.17. The van der Waals surface area contributed by atoms with E-state index in [1.165, 1.54) is 0 Å². The van der Waals surface area contributed by atoms with Crippen LogP contribution in [0, 0.1) is 46.3 Å². The van der Waals surface area contributed by atoms with Gasteiger partial charge in [0, 0.05) is 13.0 Å². The molecule has 206 valence electrons. The van der Waals surface area contributed by atoms with E-state index in [1.807, 2.05) is 0 Å². The normalized spacial score (nSPS) is 44.8. The number of hydrogen-bond donors (Lipinski definition) is 4. The van der Waals surface area contributed by atoms with E-state index in [4.69, 9.17) is 5.11 Å². The number of alkyl halides is 1. The summed E-state index contributed by atoms with van der Waals surface area (Å²) in [5, 5.41) is 42.4. The zero-order chi connectivity index (χ0) is 26.4. The van der Waals surface area contributed by atoms with Crippen LogP contribution in [-0.2, 0) is 9.59 Å². The zero-order valence-electron chi connectivity index (χ0n) is 22.1. The number of aliphatic carboxylic acids is 1. The molecule has 36 heavy (non-hydrogen) atoms. The van der Waals surface area contributed by atoms with Crippen molar-refractivity contribution in [2.24, 2.45) is 46.3 Å². The number of carboxylic acids is 1. The van der Waals surface area contributed by atoms with Gasteiger partial charge in [0.1, 0.15) is 13.2 Å². The number of carbonyl (C=O) groups is 2. The van der Waals surface area contributed by atoms with E-state index in [2.05, 4.69) is 20.8 Å². The molecule has 4 N–H and O–H groups in total. The van der Waals surface area contributed by atoms with Gasteiger partial charge in [0.05, 0.1) is 18.3 Å². The molecule has 8 heteroatoms. The molecule has 0 aromatic heterocycles. The molecule has 0 radical (unpaired) electrons. The van der Waals surface area contributed by atoms with Gasteiger partial charge in [0.2, 0.25) is 5.91 Å². The molecule has 0 aromatic rings. The van der Waals surface area contributed by atoms with Gasteiger partial charge in [-0.2, -0.15) is 0 Å². The second-order valence-electron chi connectivity index (χ2n) is 12.9. The lowest BCUT2D eigenvalue weighted by molar-refractivity contribution is -0.207. The van der Waals surface area contributed by atoms with Crippen molar-refractivity contribution in [1.82, 2.24) is 4.90 Å². The van der Waals surface area contributed by atoms with Crippen LogP contribution in [-0.4, -0.2) is 75.3 Å². The van der Waals surface area contributed by atoms with Crippen LogP contribution in [0.4, 0.5) is 4.39 Å². The number of carbonyl (C=O) groups excluding carboxylic acids is 1. The summed E-state index contributed by atoms with van der Waals surface area (Å²) in [4.78, 5) is 24.8. The summed E-state index contributed by atoms with van der Waals surface area (Å²) in [5.74, 6) is -0.264. The summed E-state index contributed by atoms with van der Waals surface area (Å²) in [6.45, 7) is 5.14. The molecule has 0 saturated heterocycles. The molecule has 4 saturated carbocycles. The van der Waals surface area contributed by atoms with Gasteiger partial charge in [0.15, 0.2) is 0 Å². The van der Waals surface area contributed by atoms with Crippen LogP contribution in [0.15, 0.2) is 0 Å². The monoisotopic (exact) mass is 510 g/mol. The number of halogens is 1. The summed E-state index contributed by atoms with van der Waals surface area (Å²) in [7, 11) is 0. The van der Waals surface area contributed by atoms with E-state index in [-0.39, 0.29) is 71.3 Å². The highest BCUT2D eigenvalue weighted by Crippen LogP contribution is 2.68. The molecule has 0 bridgehead atoms. The standard InChI is InChI=1S/C28H46FNO6/c1-16(4-7-24(34)30(11-10-29)15-25(35)36)19-5-6-20-26-21(14-23(33)28(19,20)3)27(2)9-8-18(31)12-17(27)13-22(26)32/h16-23,26,31-33H,4-15H2,1-3H3,(H,35,36)/t16-,17?,18-,19-,20?,21?,22-,23+,26?,27+,28-/m1/s1/i29-1. The third-order valence-electron chi connectivity index (χ3n) is 11.4. The Kier molecular flexibility index (Phi) is 8.09. The number of hydrogen-bond acceptors (Lipinski definition) is 5. The van der Waals surface area contributed by atoms with Crippen molar-refractivity contribution < 1.29 is 34.4 Å². The minimum absolute atomic E-state index is 0.0333. The van der Waals surface area contributed by atoms with Gasteiger partial charge < -0.3 is 25.3 Å². The molecule has 0 spiro atoms. The average molecular weight is 511 g/mol. The van der Waals surface area contributed by atoms with Crippen molar-refractivity contribution in [3.8, 4) is 0 Å². The summed E-state index contributed by atoms with van der Waals surface area (Å²) in [6.07, 6.45) is 5.28. The van der Waals surface area contributed by atoms with Crippen molar-refractivity contribution in [2.45, 2.75) is 96.9 Å². The third kappa shape index (κ3) is 4.71. The first kappa shape index (κ1) is 27.8. The Labute approximate surface area is 214 Å². The van der Waals surface area contributed by atoms with E-state index < -0.39 is 31.4 Å². The number of amides is 1. The lowest BCUT2D eigenvalue weighted by atomic mass is 9.43. The number of fused-ring (bicyclic) bond motifs is 5. The molecule has 4 aliphatic rings. The molecule has 0 aromatic carbocycles. The molecule has 7 nitrogen and oxygen atoms in total. The Morgan fingerprint density at radius 2 is 1.78 bits per heavy atom. The molecular weight excluding hydrogens is 464 g/mol. The van der Waals surface area contributed by atoms with E-state index in [0.29, 0.717) is 12.8 Å². The molecule has 1 amide bonds. The zero-order valence-corrected chi connectivity index (χ0v) is 22.1. The first-order valence-electron chi connectivity index (χ1n) is 14.0. The highest BCUT2D eigenvalue weighted by molar-refractivity contribution is 5.81. The number of aliphatic hydroxyl groups is 3. The number of nitrogens with zero attached hydrogens (tertiary/aromatic N) is 1. The van der Waals surface area contributed by atoms with Crippen LogP contribution in [0.25, 0.3) is 0 Å². The van der Waals surface area contributed by atoms with Crippen LogP contribution in [0.1, 0.15) is 78.6 Å². The predicted octanol–water partition coefficient (Wildman–Crippen LogP) is 3.25. The van der Waals surface area contributed by atoms with Gasteiger partial charge in [-0.3, -0.25) is 9.59 Å². The molecule has 0 heterocycles. The largest absolute Gasteiger partial charge is 0.480 e. The minimum Gasteiger partial charge on any atom is -0.480 e. The number of carboxylic acid groups (broad SMARTS) is 1. The van der Waals surface area contributed by atoms with Crippen molar-refractivity contribution in [1.29, 1.82) is 0 Å². The fourth-order valence-corrected chi connectivity index (χ4v) is 9.40. The summed E-state index contributed by atoms with van der Waals surface area (Å²) in [5.41, 5.74) is -0.312. The first-order chi connectivity index (χ1) is 16.9. The molecule has 11 atom stereocenters. The summed E-state index contributed by atoms with van der Waals surface area (Å²) in [6, 6.07) is 0. The Morgan fingerprint density at radius 3 is 2.44 bits per heavy atom. The molecule has 4 fully saturated rings. The Hall–Kier alpha value is -1.25. The minimum atomic E-state index is -1.15. The van der Waals surface area contributed by atoms with Crippen LogP contribution in [0.5, 0.6) is 0 Å². The lowest BCUT2D eigenvalue weighted by Gasteiger charge is -2.63. The molecule has 0 aliphatic heterocycles. The molecule has 4 aliphatic carbocycles. The Balaban J connectivity index is 1.48. The molecule has 4 unspecified atom stereocenters. The van der Waals surface area contributed by atoms with Gasteiger partial charge in [-0.15, -0.1) is 0 Å². The van der Waals surface area contributed by atoms with Crippen LogP contribution in [0.2, 0.25) is 0 Å². The highest BCUT2D eigenvalue weighted by atomic mass is 18.2. The maximum absolute atomic E-state index is 12.8. The van der Waals surface area contributed by atoms with Crippen molar-refractivity contribution in [3.63, 3.8) is 0 Å². The predicted molar refractivity (Wildman–Crippen MR) is 133 cm³/mol. The van der Waals surface area contributed by atoms with Crippen molar-refractivity contribution in [3.05, 3.63) is 0 Å². The smallest absolute Gasteiger partial charge is 0.323 e. The van der Waals surface area contributed by atoms with E-state index >= 15 is 0 Å². The van der Waals surface area contributed by atoms with Gasteiger partial charge in [-0.1, -0.05) is 20.8 Å². The number of rotatable bonds is 8. The summed E-state index contributed by atoms with van der Waals surface area (Å²) >= 11 is 0. The Bertz CT molecular complexity index is 826. The lowest BCUT2D eigenvalue weighted by Crippen LogP contribution is -2.62. The fraction of sp³-hybridized carbons (Fsp3) is 0.929. The van der Waals surface area contributed by atoms with Crippen LogP contribution >= 0.6 is 0 Å². The third-order valence-corrected chi connectivity index (χ3v) is 11.4. The van der Waals surface area contributed by atoms with Gasteiger partial charge in [-0.25, -0.2) is 4.39 Å². The number of aliphatic hydroxyl groups excluding tert-OH is 3. The van der Waals surface area contributed by atoms with Crippen molar-refractivity contribution in [2.75, 3.05) is 19.8 Å². The van der Waals surface area contributed by atoms with E-state index in [9.17, 15) is 29.3 Å².